The Kier molecular flexibility index (Phi) is 7.08. The number of rotatable bonds is 7. The van der Waals surface area contributed by atoms with Crippen molar-refractivity contribution in [3.8, 4) is 11.8 Å². The standard InChI is InChI=1S/C18H24O2/c1-4-5-6-7-11-14-17(20-18(2,3)19)15-16-12-9-8-10-13-16/h4,8-10,12-13,17,19H,1,5,11,14-15H2,2-3H3/t17-/m0/s1. The minimum Gasteiger partial charge on any atom is -0.366 e. The smallest absolute Gasteiger partial charge is 0.160 e. The van der Waals surface area contributed by atoms with E-state index in [9.17, 15) is 5.11 Å². The minimum atomic E-state index is -1.12. The Hall–Kier alpha value is -1.56. The van der Waals surface area contributed by atoms with E-state index >= 15 is 0 Å². The molecule has 2 nitrogen and oxygen atoms in total. The second-order valence-electron chi connectivity index (χ2n) is 5.26. The predicted molar refractivity (Wildman–Crippen MR) is 83.1 cm³/mol. The van der Waals surface area contributed by atoms with Gasteiger partial charge in [-0.2, -0.15) is 0 Å². The zero-order chi connectivity index (χ0) is 14.8. The van der Waals surface area contributed by atoms with E-state index < -0.39 is 5.79 Å². The lowest BCUT2D eigenvalue weighted by Crippen LogP contribution is -2.31. The molecule has 2 heteroatoms. The molecule has 0 bridgehead atoms. The van der Waals surface area contributed by atoms with Gasteiger partial charge in [0.2, 0.25) is 0 Å². The molecule has 0 spiro atoms. The van der Waals surface area contributed by atoms with Gasteiger partial charge in [0.15, 0.2) is 5.79 Å². The van der Waals surface area contributed by atoms with Crippen LogP contribution in [-0.4, -0.2) is 17.0 Å². The Bertz CT molecular complexity index is 446. The van der Waals surface area contributed by atoms with Crippen molar-refractivity contribution in [3.63, 3.8) is 0 Å². The van der Waals surface area contributed by atoms with E-state index in [1.165, 1.54) is 5.56 Å². The number of ether oxygens (including phenoxy) is 1. The molecule has 108 valence electrons. The van der Waals surface area contributed by atoms with Crippen LogP contribution in [0, 0.1) is 11.8 Å². The number of benzene rings is 1. The van der Waals surface area contributed by atoms with Crippen LogP contribution in [0.15, 0.2) is 43.0 Å². The van der Waals surface area contributed by atoms with Gasteiger partial charge in [-0.15, -0.1) is 12.5 Å². The molecule has 0 fully saturated rings. The molecule has 0 aliphatic carbocycles. The third kappa shape index (κ3) is 7.78. The van der Waals surface area contributed by atoms with Crippen LogP contribution in [0.5, 0.6) is 0 Å². The maximum absolute atomic E-state index is 9.84. The third-order valence-corrected chi connectivity index (χ3v) is 2.72. The van der Waals surface area contributed by atoms with Crippen LogP contribution in [-0.2, 0) is 11.2 Å². The molecule has 1 atom stereocenters. The fourth-order valence-corrected chi connectivity index (χ4v) is 1.95. The van der Waals surface area contributed by atoms with Crippen molar-refractivity contribution in [3.05, 3.63) is 48.6 Å². The average Bonchev–Trinajstić information content (AvgIpc) is 2.37. The van der Waals surface area contributed by atoms with Crippen LogP contribution in [0.2, 0.25) is 0 Å². The van der Waals surface area contributed by atoms with Gasteiger partial charge in [-0.1, -0.05) is 42.3 Å². The average molecular weight is 272 g/mol. The second kappa shape index (κ2) is 8.58. The van der Waals surface area contributed by atoms with Gasteiger partial charge in [-0.25, -0.2) is 0 Å². The molecular weight excluding hydrogens is 248 g/mol. The Morgan fingerprint density at radius 1 is 1.30 bits per heavy atom. The van der Waals surface area contributed by atoms with E-state index in [-0.39, 0.29) is 6.10 Å². The van der Waals surface area contributed by atoms with Crippen LogP contribution in [0.4, 0.5) is 0 Å². The van der Waals surface area contributed by atoms with E-state index in [1.54, 1.807) is 19.9 Å². The highest BCUT2D eigenvalue weighted by Gasteiger charge is 2.20. The number of hydrogen-bond acceptors (Lipinski definition) is 2. The van der Waals surface area contributed by atoms with Crippen molar-refractivity contribution in [2.45, 2.75) is 51.4 Å². The van der Waals surface area contributed by atoms with Gasteiger partial charge in [0.1, 0.15) is 0 Å². The quantitative estimate of drug-likeness (QED) is 0.466. The minimum absolute atomic E-state index is 0.0320. The van der Waals surface area contributed by atoms with E-state index in [1.807, 2.05) is 18.2 Å². The summed E-state index contributed by atoms with van der Waals surface area (Å²) in [5.74, 6) is 5.02. The number of hydrogen-bond donors (Lipinski definition) is 1. The molecular formula is C18H24O2. The molecule has 20 heavy (non-hydrogen) atoms. The van der Waals surface area contributed by atoms with Crippen molar-refractivity contribution in [2.75, 3.05) is 0 Å². The first-order chi connectivity index (χ1) is 9.51. The van der Waals surface area contributed by atoms with Crippen molar-refractivity contribution in [2.24, 2.45) is 0 Å². The number of allylic oxidation sites excluding steroid dienone is 1. The van der Waals surface area contributed by atoms with Crippen LogP contribution < -0.4 is 0 Å². The summed E-state index contributed by atoms with van der Waals surface area (Å²) in [5.41, 5.74) is 1.21. The molecule has 0 aliphatic heterocycles. The summed E-state index contributed by atoms with van der Waals surface area (Å²) in [7, 11) is 0. The van der Waals surface area contributed by atoms with Crippen molar-refractivity contribution >= 4 is 0 Å². The first kappa shape index (κ1) is 16.5. The van der Waals surface area contributed by atoms with Crippen molar-refractivity contribution in [1.82, 2.24) is 0 Å². The van der Waals surface area contributed by atoms with E-state index in [0.29, 0.717) is 0 Å². The largest absolute Gasteiger partial charge is 0.366 e. The van der Waals surface area contributed by atoms with Crippen LogP contribution in [0.1, 0.15) is 38.7 Å². The molecule has 1 rings (SSSR count). The zero-order valence-corrected chi connectivity index (χ0v) is 12.4. The lowest BCUT2D eigenvalue weighted by atomic mass is 10.0. The summed E-state index contributed by atoms with van der Waals surface area (Å²) >= 11 is 0. The van der Waals surface area contributed by atoms with Gasteiger partial charge in [0.25, 0.3) is 0 Å². The summed E-state index contributed by atoms with van der Waals surface area (Å²) in [6, 6.07) is 10.2. The van der Waals surface area contributed by atoms with Gasteiger partial charge < -0.3 is 9.84 Å². The fraction of sp³-hybridized carbons (Fsp3) is 0.444. The summed E-state index contributed by atoms with van der Waals surface area (Å²) in [6.07, 6.45) is 4.84. The van der Waals surface area contributed by atoms with Gasteiger partial charge in [0, 0.05) is 12.8 Å². The monoisotopic (exact) mass is 272 g/mol. The summed E-state index contributed by atoms with van der Waals surface area (Å²) in [4.78, 5) is 0. The summed E-state index contributed by atoms with van der Waals surface area (Å²) in [6.45, 7) is 6.96. The normalized spacial score (nSPS) is 12.3. The maximum Gasteiger partial charge on any atom is 0.160 e. The maximum atomic E-state index is 9.84. The van der Waals surface area contributed by atoms with Crippen LogP contribution in [0.3, 0.4) is 0 Å². The molecule has 0 aromatic heterocycles. The fourth-order valence-electron chi connectivity index (χ4n) is 1.95. The first-order valence-electron chi connectivity index (χ1n) is 7.02. The molecule has 0 radical (unpaired) electrons. The lowest BCUT2D eigenvalue weighted by Gasteiger charge is -2.26. The third-order valence-electron chi connectivity index (χ3n) is 2.72. The molecule has 1 N–H and O–H groups in total. The molecule has 1 aromatic rings. The summed E-state index contributed by atoms with van der Waals surface area (Å²) in [5, 5.41) is 9.84. The molecule has 0 unspecified atom stereocenters. The molecule has 0 amide bonds. The van der Waals surface area contributed by atoms with Crippen molar-refractivity contribution < 1.29 is 9.84 Å². The lowest BCUT2D eigenvalue weighted by molar-refractivity contribution is -0.206. The van der Waals surface area contributed by atoms with Gasteiger partial charge in [-0.05, 0) is 32.3 Å². The van der Waals surface area contributed by atoms with Gasteiger partial charge in [-0.3, -0.25) is 0 Å². The SMILES string of the molecule is C=CCC#CCC[C@@H](Cc1ccccc1)OC(C)(C)O. The van der Waals surface area contributed by atoms with Crippen molar-refractivity contribution in [1.29, 1.82) is 0 Å². The zero-order valence-electron chi connectivity index (χ0n) is 12.4. The summed E-state index contributed by atoms with van der Waals surface area (Å²) < 4.78 is 5.72. The topological polar surface area (TPSA) is 29.5 Å². The molecule has 0 saturated carbocycles. The Balaban J connectivity index is 2.57. The molecule has 0 saturated heterocycles. The van der Waals surface area contributed by atoms with Gasteiger partial charge >= 0.3 is 0 Å². The molecule has 0 heterocycles. The Labute approximate surface area is 122 Å². The number of aliphatic hydroxyl groups is 1. The second-order valence-corrected chi connectivity index (χ2v) is 5.26. The first-order valence-corrected chi connectivity index (χ1v) is 7.02. The predicted octanol–water partition coefficient (Wildman–Crippen LogP) is 3.70. The Morgan fingerprint density at radius 2 is 2.00 bits per heavy atom. The highest BCUT2D eigenvalue weighted by Crippen LogP contribution is 2.16. The van der Waals surface area contributed by atoms with E-state index in [2.05, 4.69) is 30.6 Å². The molecule has 0 aliphatic rings. The van der Waals surface area contributed by atoms with E-state index in [0.717, 1.165) is 25.7 Å². The molecule has 1 aromatic carbocycles. The Morgan fingerprint density at radius 3 is 2.60 bits per heavy atom. The van der Waals surface area contributed by atoms with Crippen LogP contribution in [0.25, 0.3) is 0 Å². The highest BCUT2D eigenvalue weighted by atomic mass is 16.6. The van der Waals surface area contributed by atoms with Crippen LogP contribution >= 0.6 is 0 Å². The van der Waals surface area contributed by atoms with E-state index in [4.69, 9.17) is 4.74 Å². The van der Waals surface area contributed by atoms with Gasteiger partial charge in [0.05, 0.1) is 6.10 Å². The highest BCUT2D eigenvalue weighted by molar-refractivity contribution is 5.15.